The van der Waals surface area contributed by atoms with Crippen LogP contribution in [0.5, 0.6) is 5.75 Å². The fraction of sp³-hybridized carbons (Fsp3) is 0.400. The van der Waals surface area contributed by atoms with Crippen LogP contribution >= 0.6 is 0 Å². The van der Waals surface area contributed by atoms with Gasteiger partial charge in [0.1, 0.15) is 5.75 Å². The molecule has 0 unspecified atom stereocenters. The van der Waals surface area contributed by atoms with Gasteiger partial charge in [-0.25, -0.2) is 0 Å². The van der Waals surface area contributed by atoms with Crippen molar-refractivity contribution in [1.82, 2.24) is 10.2 Å². The summed E-state index contributed by atoms with van der Waals surface area (Å²) in [5, 5.41) is 10.5. The molecular weight excluding hydrogens is 494 g/mol. The molecule has 3 fully saturated rings. The first-order valence-electron chi connectivity index (χ1n) is 13.5. The first-order valence-corrected chi connectivity index (χ1v) is 13.5. The standard InChI is InChI=1S/C30H35N5O4/c1-39-26-16-24(8-9-25(26)23(17-31)18-32)35-15-12-30(29(35)38)10-13-34(14-11-30)28(37)22-6-4-21(5-7-22)27(36)33-19-20-2-3-20/h4-9,16-18,20,31H,2-3,10-15,19,32H2,1H3,(H,33,36)/b23-18+,31-17?. The van der Waals surface area contributed by atoms with Gasteiger partial charge in [-0.3, -0.25) is 14.4 Å². The molecule has 0 aromatic heterocycles. The SMILES string of the molecule is COc1cc(N2CCC3(CCN(C(=O)c4ccc(C(=O)NCC5CC5)cc4)CC3)C2=O)ccc1/C(C=N)=C/N. The average Bonchev–Trinajstić information content (AvgIpc) is 3.76. The van der Waals surface area contributed by atoms with E-state index >= 15 is 0 Å². The Morgan fingerprint density at radius 2 is 1.74 bits per heavy atom. The van der Waals surface area contributed by atoms with Gasteiger partial charge < -0.3 is 31.0 Å². The Kier molecular flexibility index (Phi) is 7.41. The lowest BCUT2D eigenvalue weighted by Crippen LogP contribution is -2.46. The Balaban J connectivity index is 1.21. The number of nitrogens with zero attached hydrogens (tertiary/aromatic N) is 2. The van der Waals surface area contributed by atoms with Crippen LogP contribution in [0.25, 0.3) is 5.57 Å². The number of hydrogen-bond donors (Lipinski definition) is 3. The van der Waals surface area contributed by atoms with Gasteiger partial charge in [-0.2, -0.15) is 0 Å². The van der Waals surface area contributed by atoms with E-state index in [1.807, 2.05) is 18.2 Å². The number of carbonyl (C=O) groups is 3. The van der Waals surface area contributed by atoms with E-state index in [1.165, 1.54) is 25.3 Å². The molecule has 0 bridgehead atoms. The monoisotopic (exact) mass is 529 g/mol. The van der Waals surface area contributed by atoms with E-state index in [0.29, 0.717) is 73.0 Å². The summed E-state index contributed by atoms with van der Waals surface area (Å²) in [5.41, 5.74) is 8.24. The van der Waals surface area contributed by atoms with E-state index in [-0.39, 0.29) is 17.7 Å². The first kappa shape index (κ1) is 26.5. The van der Waals surface area contributed by atoms with E-state index in [4.69, 9.17) is 15.9 Å². The molecule has 1 spiro atoms. The minimum absolute atomic E-state index is 0.0765. The zero-order chi connectivity index (χ0) is 27.6. The summed E-state index contributed by atoms with van der Waals surface area (Å²) in [6.07, 6.45) is 6.84. The summed E-state index contributed by atoms with van der Waals surface area (Å²) in [6, 6.07) is 12.3. The van der Waals surface area contributed by atoms with Crippen LogP contribution in [0, 0.1) is 16.7 Å². The van der Waals surface area contributed by atoms with Crippen molar-refractivity contribution >= 4 is 35.2 Å². The van der Waals surface area contributed by atoms with E-state index in [0.717, 1.165) is 12.1 Å². The van der Waals surface area contributed by atoms with Gasteiger partial charge in [-0.15, -0.1) is 0 Å². The molecule has 2 aliphatic heterocycles. The molecule has 2 aromatic carbocycles. The van der Waals surface area contributed by atoms with Crippen molar-refractivity contribution in [3.63, 3.8) is 0 Å². The summed E-state index contributed by atoms with van der Waals surface area (Å²) in [4.78, 5) is 42.7. The van der Waals surface area contributed by atoms with Crippen molar-refractivity contribution in [2.24, 2.45) is 17.1 Å². The largest absolute Gasteiger partial charge is 0.496 e. The Morgan fingerprint density at radius 1 is 1.08 bits per heavy atom. The molecule has 204 valence electrons. The summed E-state index contributed by atoms with van der Waals surface area (Å²) in [5.74, 6) is 1.05. The van der Waals surface area contributed by atoms with E-state index in [2.05, 4.69) is 5.32 Å². The summed E-state index contributed by atoms with van der Waals surface area (Å²) in [7, 11) is 1.55. The van der Waals surface area contributed by atoms with Crippen molar-refractivity contribution in [3.8, 4) is 5.75 Å². The fourth-order valence-electron chi connectivity index (χ4n) is 5.58. The molecular formula is C30H35N5O4. The number of allylic oxidation sites excluding steroid dienone is 1. The number of carbonyl (C=O) groups excluding carboxylic acids is 3. The van der Waals surface area contributed by atoms with Crippen LogP contribution in [0.4, 0.5) is 5.69 Å². The number of anilines is 1. The van der Waals surface area contributed by atoms with Crippen molar-refractivity contribution < 1.29 is 19.1 Å². The minimum Gasteiger partial charge on any atom is -0.496 e. The second kappa shape index (κ2) is 10.9. The molecule has 1 aliphatic carbocycles. The second-order valence-electron chi connectivity index (χ2n) is 10.7. The van der Waals surface area contributed by atoms with Crippen molar-refractivity contribution in [2.45, 2.75) is 32.1 Å². The number of nitrogens with two attached hydrogens (primary N) is 1. The van der Waals surface area contributed by atoms with E-state index in [1.54, 1.807) is 41.2 Å². The number of amides is 3. The Hall–Kier alpha value is -4.14. The molecule has 39 heavy (non-hydrogen) atoms. The van der Waals surface area contributed by atoms with Crippen LogP contribution in [0.2, 0.25) is 0 Å². The molecule has 1 saturated carbocycles. The lowest BCUT2D eigenvalue weighted by molar-refractivity contribution is -0.127. The molecule has 5 rings (SSSR count). The predicted octanol–water partition coefficient (Wildman–Crippen LogP) is 3.44. The van der Waals surface area contributed by atoms with Crippen molar-refractivity contribution in [3.05, 3.63) is 65.4 Å². The molecule has 0 radical (unpaired) electrons. The molecule has 2 heterocycles. The Morgan fingerprint density at radius 3 is 2.36 bits per heavy atom. The van der Waals surface area contributed by atoms with Crippen molar-refractivity contribution in [2.75, 3.05) is 38.2 Å². The molecule has 3 aliphatic rings. The first-order chi connectivity index (χ1) is 18.9. The van der Waals surface area contributed by atoms with Crippen LogP contribution in [-0.4, -0.2) is 62.1 Å². The lowest BCUT2D eigenvalue weighted by atomic mass is 9.77. The van der Waals surface area contributed by atoms with Gasteiger partial charge in [0.2, 0.25) is 5.91 Å². The van der Waals surface area contributed by atoms with E-state index in [9.17, 15) is 14.4 Å². The third kappa shape index (κ3) is 5.26. The normalized spacial score (nSPS) is 18.8. The quantitative estimate of drug-likeness (QED) is 0.451. The fourth-order valence-corrected chi connectivity index (χ4v) is 5.58. The molecule has 3 amide bonds. The second-order valence-corrected chi connectivity index (χ2v) is 10.7. The molecule has 4 N–H and O–H groups in total. The highest BCUT2D eigenvalue weighted by Crippen LogP contribution is 2.44. The maximum atomic E-state index is 13.6. The van der Waals surface area contributed by atoms with Gasteiger partial charge in [-0.05, 0) is 74.4 Å². The van der Waals surface area contributed by atoms with E-state index < -0.39 is 5.41 Å². The molecule has 9 nitrogen and oxygen atoms in total. The van der Waals surface area contributed by atoms with Crippen molar-refractivity contribution in [1.29, 1.82) is 5.41 Å². The maximum Gasteiger partial charge on any atom is 0.253 e. The Bertz CT molecular complexity index is 1310. The summed E-state index contributed by atoms with van der Waals surface area (Å²) in [6.45, 7) is 2.33. The molecule has 9 heteroatoms. The third-order valence-corrected chi connectivity index (χ3v) is 8.31. The van der Waals surface area contributed by atoms with Gasteiger partial charge in [0.15, 0.2) is 0 Å². The summed E-state index contributed by atoms with van der Waals surface area (Å²) >= 11 is 0. The predicted molar refractivity (Wildman–Crippen MR) is 150 cm³/mol. The Labute approximate surface area is 228 Å². The van der Waals surface area contributed by atoms with Crippen LogP contribution in [0.1, 0.15) is 58.4 Å². The van der Waals surface area contributed by atoms with Gasteiger partial charge in [0.05, 0.1) is 12.5 Å². The van der Waals surface area contributed by atoms with Gasteiger partial charge in [0, 0.05) is 72.6 Å². The van der Waals surface area contributed by atoms with Crippen LogP contribution in [0.15, 0.2) is 48.7 Å². The number of ether oxygens (including phenoxy) is 1. The molecule has 2 saturated heterocycles. The number of rotatable bonds is 8. The number of hydrogen-bond acceptors (Lipinski definition) is 6. The summed E-state index contributed by atoms with van der Waals surface area (Å²) < 4.78 is 5.53. The minimum atomic E-state index is -0.483. The molecule has 0 atom stereocenters. The highest BCUT2D eigenvalue weighted by Gasteiger charge is 2.49. The van der Waals surface area contributed by atoms with Crippen LogP contribution in [0.3, 0.4) is 0 Å². The average molecular weight is 530 g/mol. The zero-order valence-electron chi connectivity index (χ0n) is 22.2. The lowest BCUT2D eigenvalue weighted by Gasteiger charge is -2.38. The molecule has 2 aromatic rings. The number of methoxy groups -OCH3 is 1. The zero-order valence-corrected chi connectivity index (χ0v) is 22.2. The number of benzene rings is 2. The number of nitrogens with one attached hydrogen (secondary N) is 2. The number of piperidine rings is 1. The number of likely N-dealkylation sites (tertiary alicyclic amines) is 1. The van der Waals surface area contributed by atoms with Crippen LogP contribution in [-0.2, 0) is 4.79 Å². The van der Waals surface area contributed by atoms with Gasteiger partial charge in [-0.1, -0.05) is 0 Å². The topological polar surface area (TPSA) is 129 Å². The third-order valence-electron chi connectivity index (χ3n) is 8.31. The van der Waals surface area contributed by atoms with Gasteiger partial charge >= 0.3 is 0 Å². The van der Waals surface area contributed by atoms with Crippen LogP contribution < -0.4 is 20.7 Å². The highest BCUT2D eigenvalue weighted by molar-refractivity contribution is 6.09. The van der Waals surface area contributed by atoms with Gasteiger partial charge in [0.25, 0.3) is 11.8 Å². The smallest absolute Gasteiger partial charge is 0.253 e. The highest BCUT2D eigenvalue weighted by atomic mass is 16.5. The maximum absolute atomic E-state index is 13.6.